The quantitative estimate of drug-likeness (QED) is 0.906. The van der Waals surface area contributed by atoms with Crippen molar-refractivity contribution < 1.29 is 4.79 Å². The standard InChI is InChI=1S/C16H24N2O/c1-13-3-2-9-18(10-8-13)16(19)11-14-4-6-15(12-17)7-5-14/h4-7,13H,2-3,8-12,17H2,1H3. The summed E-state index contributed by atoms with van der Waals surface area (Å²) < 4.78 is 0. The van der Waals surface area contributed by atoms with Crippen molar-refractivity contribution in [2.45, 2.75) is 39.2 Å². The number of nitrogens with zero attached hydrogens (tertiary/aromatic N) is 1. The van der Waals surface area contributed by atoms with Gasteiger partial charge in [0.25, 0.3) is 0 Å². The fourth-order valence-corrected chi connectivity index (χ4v) is 2.59. The van der Waals surface area contributed by atoms with E-state index in [0.717, 1.165) is 43.0 Å². The van der Waals surface area contributed by atoms with E-state index in [1.54, 1.807) is 0 Å². The lowest BCUT2D eigenvalue weighted by molar-refractivity contribution is -0.130. The molecule has 0 aliphatic carbocycles. The summed E-state index contributed by atoms with van der Waals surface area (Å²) in [7, 11) is 0. The van der Waals surface area contributed by atoms with Crippen LogP contribution in [0.2, 0.25) is 0 Å². The summed E-state index contributed by atoms with van der Waals surface area (Å²) in [4.78, 5) is 14.3. The van der Waals surface area contributed by atoms with Crippen molar-refractivity contribution in [2.75, 3.05) is 13.1 Å². The summed E-state index contributed by atoms with van der Waals surface area (Å²) in [5, 5.41) is 0. The molecule has 1 amide bonds. The topological polar surface area (TPSA) is 46.3 Å². The lowest BCUT2D eigenvalue weighted by Gasteiger charge is -2.20. The first-order valence-electron chi connectivity index (χ1n) is 7.24. The summed E-state index contributed by atoms with van der Waals surface area (Å²) in [5.74, 6) is 1.01. The van der Waals surface area contributed by atoms with Crippen LogP contribution < -0.4 is 5.73 Å². The van der Waals surface area contributed by atoms with Crippen LogP contribution in [0.5, 0.6) is 0 Å². The predicted octanol–water partition coefficient (Wildman–Crippen LogP) is 2.34. The Balaban J connectivity index is 1.92. The van der Waals surface area contributed by atoms with Gasteiger partial charge in [-0.25, -0.2) is 0 Å². The fourth-order valence-electron chi connectivity index (χ4n) is 2.59. The van der Waals surface area contributed by atoms with Crippen LogP contribution in [0.1, 0.15) is 37.3 Å². The van der Waals surface area contributed by atoms with Gasteiger partial charge in [-0.2, -0.15) is 0 Å². The number of likely N-dealkylation sites (tertiary alicyclic amines) is 1. The number of rotatable bonds is 3. The van der Waals surface area contributed by atoms with E-state index in [0.29, 0.717) is 13.0 Å². The molecule has 0 spiro atoms. The average Bonchev–Trinajstić information content (AvgIpc) is 2.64. The van der Waals surface area contributed by atoms with Gasteiger partial charge in [-0.05, 0) is 36.3 Å². The van der Waals surface area contributed by atoms with Crippen LogP contribution in [0.4, 0.5) is 0 Å². The first-order valence-corrected chi connectivity index (χ1v) is 7.24. The Kier molecular flexibility index (Phi) is 4.97. The van der Waals surface area contributed by atoms with Crippen LogP contribution in [-0.4, -0.2) is 23.9 Å². The van der Waals surface area contributed by atoms with Crippen molar-refractivity contribution in [3.8, 4) is 0 Å². The molecule has 0 radical (unpaired) electrons. The smallest absolute Gasteiger partial charge is 0.226 e. The van der Waals surface area contributed by atoms with Gasteiger partial charge in [0.1, 0.15) is 0 Å². The third-order valence-corrected chi connectivity index (χ3v) is 3.98. The second-order valence-electron chi connectivity index (χ2n) is 5.61. The van der Waals surface area contributed by atoms with Gasteiger partial charge in [0, 0.05) is 19.6 Å². The highest BCUT2D eigenvalue weighted by molar-refractivity contribution is 5.78. The van der Waals surface area contributed by atoms with Gasteiger partial charge in [-0.1, -0.05) is 31.2 Å². The van der Waals surface area contributed by atoms with E-state index in [-0.39, 0.29) is 5.91 Å². The monoisotopic (exact) mass is 260 g/mol. The van der Waals surface area contributed by atoms with E-state index in [9.17, 15) is 4.79 Å². The van der Waals surface area contributed by atoms with Crippen molar-refractivity contribution in [3.05, 3.63) is 35.4 Å². The Morgan fingerprint density at radius 1 is 1.21 bits per heavy atom. The van der Waals surface area contributed by atoms with Crippen LogP contribution in [0.15, 0.2) is 24.3 Å². The van der Waals surface area contributed by atoms with Crippen molar-refractivity contribution in [2.24, 2.45) is 11.7 Å². The zero-order valence-corrected chi connectivity index (χ0v) is 11.8. The highest BCUT2D eigenvalue weighted by atomic mass is 16.2. The maximum Gasteiger partial charge on any atom is 0.226 e. The van der Waals surface area contributed by atoms with Gasteiger partial charge < -0.3 is 10.6 Å². The number of hydrogen-bond donors (Lipinski definition) is 1. The summed E-state index contributed by atoms with van der Waals surface area (Å²) in [6.07, 6.45) is 4.03. The Labute approximate surface area is 115 Å². The fraction of sp³-hybridized carbons (Fsp3) is 0.562. The van der Waals surface area contributed by atoms with Gasteiger partial charge >= 0.3 is 0 Å². The SMILES string of the molecule is CC1CCCN(C(=O)Cc2ccc(CN)cc2)CC1. The van der Waals surface area contributed by atoms with Crippen molar-refractivity contribution in [1.82, 2.24) is 4.90 Å². The lowest BCUT2D eigenvalue weighted by Crippen LogP contribution is -2.33. The molecule has 104 valence electrons. The number of amides is 1. The largest absolute Gasteiger partial charge is 0.342 e. The number of benzene rings is 1. The molecule has 0 saturated carbocycles. The minimum Gasteiger partial charge on any atom is -0.342 e. The number of carbonyl (C=O) groups excluding carboxylic acids is 1. The van der Waals surface area contributed by atoms with Crippen LogP contribution >= 0.6 is 0 Å². The van der Waals surface area contributed by atoms with Crippen LogP contribution in [0.3, 0.4) is 0 Å². The normalized spacial score (nSPS) is 20.1. The average molecular weight is 260 g/mol. The molecule has 0 aromatic heterocycles. The summed E-state index contributed by atoms with van der Waals surface area (Å²) in [6, 6.07) is 8.04. The maximum atomic E-state index is 12.3. The molecule has 1 aromatic rings. The molecular weight excluding hydrogens is 236 g/mol. The maximum absolute atomic E-state index is 12.3. The summed E-state index contributed by atoms with van der Waals surface area (Å²) >= 11 is 0. The van der Waals surface area contributed by atoms with E-state index in [4.69, 9.17) is 5.73 Å². The molecule has 3 heteroatoms. The highest BCUT2D eigenvalue weighted by Gasteiger charge is 2.18. The molecule has 1 aliphatic rings. The lowest BCUT2D eigenvalue weighted by atomic mass is 10.0. The molecule has 3 nitrogen and oxygen atoms in total. The molecule has 2 N–H and O–H groups in total. The highest BCUT2D eigenvalue weighted by Crippen LogP contribution is 2.17. The molecule has 1 heterocycles. The summed E-state index contributed by atoms with van der Waals surface area (Å²) in [6.45, 7) is 4.67. The predicted molar refractivity (Wildman–Crippen MR) is 77.6 cm³/mol. The minimum atomic E-state index is 0.259. The number of carbonyl (C=O) groups is 1. The van der Waals surface area contributed by atoms with Gasteiger partial charge in [0.2, 0.25) is 5.91 Å². The number of hydrogen-bond acceptors (Lipinski definition) is 2. The van der Waals surface area contributed by atoms with Crippen LogP contribution in [0, 0.1) is 5.92 Å². The third kappa shape index (κ3) is 4.06. The van der Waals surface area contributed by atoms with Gasteiger partial charge in [0.15, 0.2) is 0 Å². The first-order chi connectivity index (χ1) is 9.19. The van der Waals surface area contributed by atoms with Crippen LogP contribution in [0.25, 0.3) is 0 Å². The van der Waals surface area contributed by atoms with E-state index in [1.165, 1.54) is 6.42 Å². The Morgan fingerprint density at radius 3 is 2.58 bits per heavy atom. The molecule has 1 atom stereocenters. The van der Waals surface area contributed by atoms with Crippen molar-refractivity contribution in [3.63, 3.8) is 0 Å². The zero-order chi connectivity index (χ0) is 13.7. The Morgan fingerprint density at radius 2 is 1.89 bits per heavy atom. The Hall–Kier alpha value is -1.35. The van der Waals surface area contributed by atoms with E-state index < -0.39 is 0 Å². The molecule has 1 aromatic carbocycles. The Bertz CT molecular complexity index is 413. The van der Waals surface area contributed by atoms with Gasteiger partial charge in [-0.15, -0.1) is 0 Å². The third-order valence-electron chi connectivity index (χ3n) is 3.98. The molecule has 1 saturated heterocycles. The van der Waals surface area contributed by atoms with E-state index in [2.05, 4.69) is 6.92 Å². The van der Waals surface area contributed by atoms with Crippen molar-refractivity contribution >= 4 is 5.91 Å². The first kappa shape index (κ1) is 14.1. The van der Waals surface area contributed by atoms with Crippen LogP contribution in [-0.2, 0) is 17.8 Å². The molecule has 1 fully saturated rings. The van der Waals surface area contributed by atoms with E-state index in [1.807, 2.05) is 29.2 Å². The molecule has 1 unspecified atom stereocenters. The van der Waals surface area contributed by atoms with Crippen molar-refractivity contribution in [1.29, 1.82) is 0 Å². The molecule has 19 heavy (non-hydrogen) atoms. The second-order valence-corrected chi connectivity index (χ2v) is 5.61. The minimum absolute atomic E-state index is 0.259. The molecular formula is C16H24N2O. The molecule has 0 bridgehead atoms. The molecule has 1 aliphatic heterocycles. The zero-order valence-electron chi connectivity index (χ0n) is 11.8. The van der Waals surface area contributed by atoms with Gasteiger partial charge in [0.05, 0.1) is 6.42 Å². The molecule has 2 rings (SSSR count). The summed E-state index contributed by atoms with van der Waals surface area (Å²) in [5.41, 5.74) is 7.77. The van der Waals surface area contributed by atoms with Gasteiger partial charge in [-0.3, -0.25) is 4.79 Å². The second kappa shape index (κ2) is 6.71. The number of nitrogens with two attached hydrogens (primary N) is 1. The van der Waals surface area contributed by atoms with E-state index >= 15 is 0 Å².